The van der Waals surface area contributed by atoms with Crippen LogP contribution in [0.1, 0.15) is 20.8 Å². The average molecular weight is 589 g/mol. The van der Waals surface area contributed by atoms with Crippen LogP contribution in [0.2, 0.25) is 116 Å². The monoisotopic (exact) mass is 588 g/mol. The molecule has 0 fully saturated rings. The molecule has 0 spiro atoms. The highest BCUT2D eigenvalue weighted by atomic mass is 28.5. The summed E-state index contributed by atoms with van der Waals surface area (Å²) < 4.78 is 31.6. The molecule has 0 saturated heterocycles. The van der Waals surface area contributed by atoms with Crippen molar-refractivity contribution < 1.29 is 20.6 Å². The van der Waals surface area contributed by atoms with Gasteiger partial charge < -0.3 is 20.6 Å². The van der Waals surface area contributed by atoms with Crippen LogP contribution in [-0.2, 0) is 20.6 Å². The molecule has 0 aromatic heterocycles. The lowest BCUT2D eigenvalue weighted by Crippen LogP contribution is -2.56. The Morgan fingerprint density at radius 2 is 0.667 bits per heavy atom. The number of rotatable bonds is 13. The van der Waals surface area contributed by atoms with E-state index in [9.17, 15) is 0 Å². The molecule has 0 aliphatic heterocycles. The summed E-state index contributed by atoms with van der Waals surface area (Å²) in [6.45, 7) is 40.0. The van der Waals surface area contributed by atoms with Gasteiger partial charge in [0.2, 0.25) is 0 Å². The van der Waals surface area contributed by atoms with Gasteiger partial charge in [-0.15, -0.1) is 0 Å². The highest BCUT2D eigenvalue weighted by molar-refractivity contribution is 6.89. The van der Waals surface area contributed by atoms with E-state index in [1.807, 2.05) is 0 Å². The first-order chi connectivity index (χ1) is 14.2. The minimum atomic E-state index is -2.07. The molecule has 1 atom stereocenters. The molecular formula is C21H60O5Si7. The minimum absolute atomic E-state index is 0.989. The molecular weight excluding hydrogens is 529 g/mol. The first kappa shape index (κ1) is 36.5. The molecule has 0 heterocycles. The van der Waals surface area contributed by atoms with E-state index in [2.05, 4.69) is 119 Å². The van der Waals surface area contributed by atoms with E-state index in [0.717, 1.165) is 6.04 Å². The smallest absolute Gasteiger partial charge is 0.315 e. The van der Waals surface area contributed by atoms with E-state index in [-0.39, 0.29) is 0 Å². The van der Waals surface area contributed by atoms with Gasteiger partial charge in [0.25, 0.3) is 0 Å². The Hall–Kier alpha value is 1.32. The molecule has 0 radical (unpaired) electrons. The zero-order valence-corrected chi connectivity index (χ0v) is 32.7. The molecule has 0 rings (SSSR count). The maximum absolute atomic E-state index is 6.43. The molecule has 0 aliphatic carbocycles. The normalized spacial score (nSPS) is 16.2. The molecule has 1 unspecified atom stereocenters. The Morgan fingerprint density at radius 3 is 0.909 bits per heavy atom. The van der Waals surface area contributed by atoms with Crippen LogP contribution in [0.3, 0.4) is 0 Å². The first-order valence-corrected chi connectivity index (χ1v) is 33.9. The lowest BCUT2D eigenvalue weighted by Gasteiger charge is -2.40. The highest BCUT2D eigenvalue weighted by Gasteiger charge is 2.43. The Bertz CT molecular complexity index is 552. The van der Waals surface area contributed by atoms with Crippen molar-refractivity contribution >= 4 is 59.0 Å². The van der Waals surface area contributed by atoms with Crippen LogP contribution in [0.5, 0.6) is 0 Å². The molecule has 0 N–H and O–H groups in total. The summed E-state index contributed by atoms with van der Waals surface area (Å²) in [6, 6.07) is 3.32. The first-order valence-electron chi connectivity index (χ1n) is 12.7. The summed E-state index contributed by atoms with van der Waals surface area (Å²) in [5.41, 5.74) is 0. The van der Waals surface area contributed by atoms with Gasteiger partial charge in [-0.3, -0.25) is 0 Å². The highest BCUT2D eigenvalue weighted by Crippen LogP contribution is 2.26. The lowest BCUT2D eigenvalue weighted by atomic mass is 11.0. The second-order valence-electron chi connectivity index (χ2n) is 13.2. The van der Waals surface area contributed by atoms with Gasteiger partial charge in [0, 0.05) is 0 Å². The SMILES string of the molecule is CC[Si](C)(C)O[Si](C)(C)O[Si](C)(C)CC.CC[Si](C)(O[Si](C)(C)C)O[Si](C)(C)O[Si](C)(C)C. The fourth-order valence-electron chi connectivity index (χ4n) is 3.59. The van der Waals surface area contributed by atoms with Gasteiger partial charge in [-0.1, -0.05) is 20.8 Å². The zero-order chi connectivity index (χ0) is 27.2. The summed E-state index contributed by atoms with van der Waals surface area (Å²) in [6.07, 6.45) is 0. The summed E-state index contributed by atoms with van der Waals surface area (Å²) in [7, 11) is -12.1. The Kier molecular flexibility index (Phi) is 14.6. The van der Waals surface area contributed by atoms with Gasteiger partial charge in [-0.05, 0) is 116 Å². The van der Waals surface area contributed by atoms with Crippen LogP contribution in [0, 0.1) is 0 Å². The van der Waals surface area contributed by atoms with Crippen molar-refractivity contribution in [3.63, 3.8) is 0 Å². The molecule has 202 valence electrons. The van der Waals surface area contributed by atoms with Gasteiger partial charge in [0.15, 0.2) is 33.3 Å². The van der Waals surface area contributed by atoms with Gasteiger partial charge in [0.05, 0.1) is 0 Å². The third-order valence-corrected chi connectivity index (χ3v) is 30.3. The molecule has 33 heavy (non-hydrogen) atoms. The van der Waals surface area contributed by atoms with E-state index >= 15 is 0 Å². The summed E-state index contributed by atoms with van der Waals surface area (Å²) in [5.74, 6) is 0. The van der Waals surface area contributed by atoms with Crippen molar-refractivity contribution in [1.82, 2.24) is 0 Å². The third kappa shape index (κ3) is 20.1. The summed E-state index contributed by atoms with van der Waals surface area (Å²) >= 11 is 0. The van der Waals surface area contributed by atoms with E-state index in [1.54, 1.807) is 0 Å². The molecule has 5 nitrogen and oxygen atoms in total. The van der Waals surface area contributed by atoms with Crippen LogP contribution in [0.4, 0.5) is 0 Å². The van der Waals surface area contributed by atoms with Gasteiger partial charge in [-0.25, -0.2) is 0 Å². The topological polar surface area (TPSA) is 46.2 Å². The van der Waals surface area contributed by atoms with E-state index in [0.29, 0.717) is 0 Å². The fourth-order valence-corrected chi connectivity index (χ4v) is 33.4. The van der Waals surface area contributed by atoms with Crippen LogP contribution in [0.15, 0.2) is 0 Å². The van der Waals surface area contributed by atoms with E-state index < -0.39 is 59.0 Å². The summed E-state index contributed by atoms with van der Waals surface area (Å²) in [5, 5.41) is 0. The van der Waals surface area contributed by atoms with E-state index in [1.165, 1.54) is 12.1 Å². The lowest BCUT2D eigenvalue weighted by molar-refractivity contribution is 0.325. The van der Waals surface area contributed by atoms with Crippen molar-refractivity contribution in [3.8, 4) is 0 Å². The molecule has 0 aliphatic rings. The van der Waals surface area contributed by atoms with Crippen LogP contribution in [-0.4, -0.2) is 59.0 Å². The van der Waals surface area contributed by atoms with Crippen LogP contribution >= 0.6 is 0 Å². The molecule has 0 bridgehead atoms. The molecule has 0 amide bonds. The maximum atomic E-state index is 6.43. The largest absolute Gasteiger partial charge is 0.437 e. The van der Waals surface area contributed by atoms with Crippen LogP contribution in [0.25, 0.3) is 0 Å². The van der Waals surface area contributed by atoms with Crippen molar-refractivity contribution in [2.24, 2.45) is 0 Å². The molecule has 0 aromatic carbocycles. The van der Waals surface area contributed by atoms with Gasteiger partial charge in [0.1, 0.15) is 0 Å². The predicted octanol–water partition coefficient (Wildman–Crippen LogP) is 8.67. The van der Waals surface area contributed by atoms with Gasteiger partial charge in [-0.2, -0.15) is 0 Å². The standard InChI is InChI=1S/C11H32O3Si4.C10H28O2Si3/c1-11-18(10,13-16(5,6)7)14-17(8,9)12-15(2,3)4;1-9-13(3,4)11-15(7,8)12-14(5,6)10-2/h11H2,1-10H3;9-10H2,1-8H3. The second kappa shape index (κ2) is 13.2. The van der Waals surface area contributed by atoms with Gasteiger partial charge >= 0.3 is 25.7 Å². The van der Waals surface area contributed by atoms with Crippen molar-refractivity contribution in [2.45, 2.75) is 137 Å². The Labute approximate surface area is 216 Å². The Balaban J connectivity index is 0. The quantitative estimate of drug-likeness (QED) is 0.201. The zero-order valence-electron chi connectivity index (χ0n) is 25.7. The molecule has 0 saturated carbocycles. The average Bonchev–Trinajstić information content (AvgIpc) is 2.48. The van der Waals surface area contributed by atoms with Crippen LogP contribution < -0.4 is 0 Å². The number of hydrogen-bond acceptors (Lipinski definition) is 5. The predicted molar refractivity (Wildman–Crippen MR) is 165 cm³/mol. The van der Waals surface area contributed by atoms with Crippen molar-refractivity contribution in [1.29, 1.82) is 0 Å². The maximum Gasteiger partial charge on any atom is 0.315 e. The van der Waals surface area contributed by atoms with Crippen molar-refractivity contribution in [2.75, 3.05) is 0 Å². The fraction of sp³-hybridized carbons (Fsp3) is 1.00. The second-order valence-corrected chi connectivity index (χ2v) is 42.8. The Morgan fingerprint density at radius 1 is 0.364 bits per heavy atom. The minimum Gasteiger partial charge on any atom is -0.437 e. The molecule has 12 heteroatoms. The third-order valence-electron chi connectivity index (χ3n) is 4.93. The van der Waals surface area contributed by atoms with Crippen molar-refractivity contribution in [3.05, 3.63) is 0 Å². The number of hydrogen-bond donors (Lipinski definition) is 0. The molecule has 0 aromatic rings. The van der Waals surface area contributed by atoms with E-state index in [4.69, 9.17) is 20.6 Å². The summed E-state index contributed by atoms with van der Waals surface area (Å²) in [4.78, 5) is 0.